The summed E-state index contributed by atoms with van der Waals surface area (Å²) in [4.78, 5) is 20.9. The van der Waals surface area contributed by atoms with Crippen molar-refractivity contribution in [2.45, 2.75) is 12.9 Å². The van der Waals surface area contributed by atoms with E-state index in [4.69, 9.17) is 11.6 Å². The molecule has 178 valence electrons. The molecule has 0 aliphatic carbocycles. The first-order valence-corrected chi connectivity index (χ1v) is 10.6. The van der Waals surface area contributed by atoms with E-state index in [0.29, 0.717) is 48.5 Å². The summed E-state index contributed by atoms with van der Waals surface area (Å²) in [5, 5.41) is 20.0. The fraction of sp³-hybridized carbons (Fsp3) is 0.318. The van der Waals surface area contributed by atoms with Crippen LogP contribution >= 0.6 is 11.6 Å². The molecule has 0 saturated carbocycles. The van der Waals surface area contributed by atoms with Crippen LogP contribution in [0.25, 0.3) is 11.0 Å². The summed E-state index contributed by atoms with van der Waals surface area (Å²) >= 11 is 6.09. The van der Waals surface area contributed by atoms with Gasteiger partial charge in [-0.05, 0) is 30.3 Å². The molecule has 0 spiro atoms. The summed E-state index contributed by atoms with van der Waals surface area (Å²) in [6.45, 7) is 1.97. The van der Waals surface area contributed by atoms with Gasteiger partial charge in [-0.3, -0.25) is 9.69 Å². The predicted octanol–water partition coefficient (Wildman–Crippen LogP) is 3.38. The number of phenolic OH excluding ortho intramolecular Hbond substituents is 1. The summed E-state index contributed by atoms with van der Waals surface area (Å²) in [5.74, 6) is -0.549. The standard InChI is InChI=1S/C22H19ClF3N5O3/c1-29-16-3-5-18(23)28-19(16)20(15(11-27)21(29)33)31-8-6-30(7-9-31)12-13-10-14(2-4-17(13)32)34-22(24,25)26/h2-5,10,32H,6-9,12H2,1H3. The highest BCUT2D eigenvalue weighted by molar-refractivity contribution is 6.29. The average Bonchev–Trinajstić information content (AvgIpc) is 2.78. The third kappa shape index (κ3) is 4.73. The number of aryl methyl sites for hydroxylation is 1. The number of benzene rings is 1. The van der Waals surface area contributed by atoms with Gasteiger partial charge in [0.1, 0.15) is 33.8 Å². The number of hydrogen-bond acceptors (Lipinski definition) is 7. The molecular formula is C22H19ClF3N5O3. The number of nitriles is 1. The Bertz CT molecular complexity index is 1340. The first kappa shape index (κ1) is 23.7. The molecule has 3 heterocycles. The van der Waals surface area contributed by atoms with E-state index >= 15 is 0 Å². The molecule has 4 rings (SSSR count). The number of ether oxygens (including phenoxy) is 1. The number of phenols is 1. The highest BCUT2D eigenvalue weighted by Gasteiger charge is 2.31. The molecule has 1 saturated heterocycles. The molecular weight excluding hydrogens is 475 g/mol. The van der Waals surface area contributed by atoms with Crippen LogP contribution in [0.1, 0.15) is 11.1 Å². The van der Waals surface area contributed by atoms with Crippen LogP contribution in [0.2, 0.25) is 5.15 Å². The monoisotopic (exact) mass is 493 g/mol. The number of pyridine rings is 2. The van der Waals surface area contributed by atoms with Crippen molar-refractivity contribution < 1.29 is 23.0 Å². The minimum Gasteiger partial charge on any atom is -0.508 e. The Kier molecular flexibility index (Phi) is 6.29. The van der Waals surface area contributed by atoms with Gasteiger partial charge in [-0.1, -0.05) is 11.6 Å². The second kappa shape index (κ2) is 9.04. The molecule has 0 bridgehead atoms. The molecule has 0 amide bonds. The number of aromatic nitrogens is 2. The molecule has 0 atom stereocenters. The lowest BCUT2D eigenvalue weighted by Gasteiger charge is -2.36. The van der Waals surface area contributed by atoms with Crippen LogP contribution < -0.4 is 15.2 Å². The molecule has 1 N–H and O–H groups in total. The lowest BCUT2D eigenvalue weighted by molar-refractivity contribution is -0.274. The Morgan fingerprint density at radius 3 is 2.56 bits per heavy atom. The van der Waals surface area contributed by atoms with E-state index in [9.17, 15) is 28.3 Å². The van der Waals surface area contributed by atoms with Crippen LogP contribution in [0.4, 0.5) is 18.9 Å². The highest BCUT2D eigenvalue weighted by Crippen LogP contribution is 2.31. The largest absolute Gasteiger partial charge is 0.573 e. The van der Waals surface area contributed by atoms with Gasteiger partial charge in [0, 0.05) is 45.3 Å². The zero-order valence-corrected chi connectivity index (χ0v) is 18.7. The van der Waals surface area contributed by atoms with Gasteiger partial charge in [0.05, 0.1) is 11.2 Å². The zero-order chi connectivity index (χ0) is 24.6. The van der Waals surface area contributed by atoms with Crippen molar-refractivity contribution in [1.82, 2.24) is 14.5 Å². The Hall–Kier alpha value is -3.49. The van der Waals surface area contributed by atoms with Crippen molar-refractivity contribution in [2.75, 3.05) is 31.1 Å². The number of fused-ring (bicyclic) bond motifs is 1. The lowest BCUT2D eigenvalue weighted by Crippen LogP contribution is -2.47. The number of anilines is 1. The zero-order valence-electron chi connectivity index (χ0n) is 17.9. The fourth-order valence-electron chi connectivity index (χ4n) is 4.03. The Balaban J connectivity index is 1.57. The summed E-state index contributed by atoms with van der Waals surface area (Å²) in [7, 11) is 1.56. The number of hydrogen-bond donors (Lipinski definition) is 1. The number of alkyl halides is 3. The van der Waals surface area contributed by atoms with Gasteiger partial charge in [-0.15, -0.1) is 13.2 Å². The summed E-state index contributed by atoms with van der Waals surface area (Å²) < 4.78 is 42.9. The van der Waals surface area contributed by atoms with Crippen molar-refractivity contribution >= 4 is 28.3 Å². The van der Waals surface area contributed by atoms with Gasteiger partial charge in [0.2, 0.25) is 0 Å². The van der Waals surface area contributed by atoms with Gasteiger partial charge in [-0.25, -0.2) is 4.98 Å². The van der Waals surface area contributed by atoms with Gasteiger partial charge in [-0.2, -0.15) is 5.26 Å². The maximum atomic E-state index is 12.8. The van der Waals surface area contributed by atoms with Crippen LogP contribution in [0.3, 0.4) is 0 Å². The molecule has 8 nitrogen and oxygen atoms in total. The third-order valence-electron chi connectivity index (χ3n) is 5.66. The molecule has 1 aromatic carbocycles. The predicted molar refractivity (Wildman–Crippen MR) is 119 cm³/mol. The lowest BCUT2D eigenvalue weighted by atomic mass is 10.1. The van der Waals surface area contributed by atoms with Gasteiger partial charge >= 0.3 is 6.36 Å². The summed E-state index contributed by atoms with van der Waals surface area (Å²) in [6.07, 6.45) is -4.83. The molecule has 2 aromatic heterocycles. The minimum absolute atomic E-state index is 0.0344. The SMILES string of the molecule is Cn1c(=O)c(C#N)c(N2CCN(Cc3cc(OC(F)(F)F)ccc3O)CC2)c2nc(Cl)ccc21. The van der Waals surface area contributed by atoms with Gasteiger partial charge in [0.15, 0.2) is 0 Å². The minimum atomic E-state index is -4.83. The number of rotatable bonds is 4. The van der Waals surface area contributed by atoms with Crippen molar-refractivity contribution in [2.24, 2.45) is 7.05 Å². The Morgan fingerprint density at radius 1 is 1.21 bits per heavy atom. The number of nitrogens with zero attached hydrogens (tertiary/aromatic N) is 5. The molecule has 1 aliphatic heterocycles. The van der Waals surface area contributed by atoms with Crippen molar-refractivity contribution in [3.63, 3.8) is 0 Å². The van der Waals surface area contributed by atoms with Crippen LogP contribution in [-0.4, -0.2) is 52.1 Å². The number of halogens is 4. The second-order valence-electron chi connectivity index (χ2n) is 7.80. The molecule has 34 heavy (non-hydrogen) atoms. The highest BCUT2D eigenvalue weighted by atomic mass is 35.5. The van der Waals surface area contributed by atoms with Crippen molar-refractivity contribution in [3.05, 3.63) is 57.0 Å². The molecule has 1 aliphatic rings. The van der Waals surface area contributed by atoms with E-state index in [1.807, 2.05) is 15.9 Å². The van der Waals surface area contributed by atoms with E-state index in [0.717, 1.165) is 18.2 Å². The number of aromatic hydroxyl groups is 1. The van der Waals surface area contributed by atoms with Crippen molar-refractivity contribution in [3.8, 4) is 17.6 Å². The number of piperazine rings is 1. The fourth-order valence-corrected chi connectivity index (χ4v) is 4.18. The van der Waals surface area contributed by atoms with Crippen LogP contribution in [0, 0.1) is 11.3 Å². The quantitative estimate of drug-likeness (QED) is 0.557. The van der Waals surface area contributed by atoms with Crippen LogP contribution in [-0.2, 0) is 13.6 Å². The molecule has 1 fully saturated rings. The molecule has 0 unspecified atom stereocenters. The third-order valence-corrected chi connectivity index (χ3v) is 5.87. The molecule has 3 aromatic rings. The van der Waals surface area contributed by atoms with Crippen LogP contribution in [0.15, 0.2) is 35.1 Å². The van der Waals surface area contributed by atoms with Crippen LogP contribution in [0.5, 0.6) is 11.5 Å². The van der Waals surface area contributed by atoms with Gasteiger partial charge in [0.25, 0.3) is 5.56 Å². The normalized spacial score (nSPS) is 14.9. The van der Waals surface area contributed by atoms with Crippen molar-refractivity contribution in [1.29, 1.82) is 5.26 Å². The topological polar surface area (TPSA) is 94.6 Å². The summed E-state index contributed by atoms with van der Waals surface area (Å²) in [6, 6.07) is 8.59. The maximum Gasteiger partial charge on any atom is 0.573 e. The van der Waals surface area contributed by atoms with Gasteiger partial charge < -0.3 is 19.3 Å². The van der Waals surface area contributed by atoms with E-state index in [-0.39, 0.29) is 23.0 Å². The Labute approximate surface area is 197 Å². The van der Waals surface area contributed by atoms with E-state index in [1.54, 1.807) is 19.2 Å². The Morgan fingerprint density at radius 2 is 1.91 bits per heavy atom. The van der Waals surface area contributed by atoms with E-state index in [2.05, 4.69) is 9.72 Å². The molecule has 12 heteroatoms. The van der Waals surface area contributed by atoms with E-state index in [1.165, 1.54) is 4.57 Å². The average molecular weight is 494 g/mol. The van der Waals surface area contributed by atoms with E-state index < -0.39 is 17.7 Å². The maximum absolute atomic E-state index is 12.8. The smallest absolute Gasteiger partial charge is 0.508 e. The second-order valence-corrected chi connectivity index (χ2v) is 8.19. The first-order valence-electron chi connectivity index (χ1n) is 10.2. The first-order chi connectivity index (χ1) is 16.1. The molecule has 0 radical (unpaired) electrons. The summed E-state index contributed by atoms with van der Waals surface area (Å²) in [5.41, 5.74) is 1.20.